The number of aliphatic carboxylic acids is 1. The number of phenols is 2. The van der Waals surface area contributed by atoms with Crippen LogP contribution in [0.5, 0.6) is 11.5 Å². The molecule has 0 saturated carbocycles. The molecule has 16 nitrogen and oxygen atoms in total. The van der Waals surface area contributed by atoms with Crippen molar-refractivity contribution in [3.8, 4) is 11.5 Å². The number of nitrogens with two attached hydrogens (primary N) is 1. The predicted molar refractivity (Wildman–Crippen MR) is 145 cm³/mol. The fraction of sp³-hybridized carbons (Fsp3) is 0.227. The van der Waals surface area contributed by atoms with Crippen LogP contribution in [0, 0.1) is 0 Å². The molecule has 0 spiro atoms. The molecule has 1 saturated heterocycles. The summed E-state index contributed by atoms with van der Waals surface area (Å²) in [5, 5.41) is 35.3. The van der Waals surface area contributed by atoms with Crippen LogP contribution in [0.25, 0.3) is 0 Å². The average Bonchev–Trinajstić information content (AvgIpc) is 3.38. The SMILES string of the molecule is Nc1nc(C(=NOCC(=O)NNC(=O)c2ccc(O)c(O)c2)C(=O)NC2C(=O)N3C(C(=O)O)=C(CCl)CS[C@H]23)cs1. The first-order valence-corrected chi connectivity index (χ1v) is 13.8. The van der Waals surface area contributed by atoms with Gasteiger partial charge in [-0.25, -0.2) is 9.78 Å². The molecule has 216 valence electrons. The van der Waals surface area contributed by atoms with Gasteiger partial charge in [0.05, 0.1) is 0 Å². The molecule has 1 aromatic carbocycles. The van der Waals surface area contributed by atoms with Crippen LogP contribution in [0.15, 0.2) is 40.0 Å². The van der Waals surface area contributed by atoms with Gasteiger partial charge in [0.15, 0.2) is 28.9 Å². The molecule has 1 unspecified atom stereocenters. The second kappa shape index (κ2) is 12.3. The number of benzene rings is 1. The molecule has 0 radical (unpaired) electrons. The van der Waals surface area contributed by atoms with E-state index >= 15 is 0 Å². The molecular weight excluding hydrogens is 606 g/mol. The Morgan fingerprint density at radius 3 is 2.61 bits per heavy atom. The number of nitrogens with zero attached hydrogens (tertiary/aromatic N) is 3. The summed E-state index contributed by atoms with van der Waals surface area (Å²) in [4.78, 5) is 71.8. The Labute approximate surface area is 243 Å². The number of phenolic OH excluding ortho intramolecular Hbond substituents is 2. The number of hydrogen-bond acceptors (Lipinski definition) is 13. The maximum absolute atomic E-state index is 13.1. The van der Waals surface area contributed by atoms with E-state index in [2.05, 4.69) is 20.9 Å². The van der Waals surface area contributed by atoms with Crippen molar-refractivity contribution in [2.24, 2.45) is 5.16 Å². The van der Waals surface area contributed by atoms with Gasteiger partial charge in [0.1, 0.15) is 22.8 Å². The third kappa shape index (κ3) is 6.28. The average molecular weight is 626 g/mol. The molecule has 2 aliphatic rings. The van der Waals surface area contributed by atoms with Gasteiger partial charge >= 0.3 is 5.97 Å². The molecule has 2 aliphatic heterocycles. The number of alkyl halides is 1. The number of aromatic hydroxyl groups is 2. The smallest absolute Gasteiger partial charge is 0.352 e. The highest BCUT2D eigenvalue weighted by atomic mass is 35.5. The number of nitrogen functional groups attached to an aromatic ring is 1. The Kier molecular flexibility index (Phi) is 8.84. The standard InChI is InChI=1S/C22H20ClN7O9S2/c23-4-9-6-40-20-15(19(36)30(20)16(9)21(37)38)26-18(35)14(10-7-41-22(24)25-10)29-39-5-13(33)27-28-17(34)8-1-2-11(31)12(32)3-8/h1-3,7,15,20,31-32H,4-6H2,(H2,24,25)(H,26,35)(H,27,33)(H,28,34)(H,37,38)/t15?,20-/m1/s1. The van der Waals surface area contributed by atoms with E-state index in [9.17, 15) is 39.3 Å². The van der Waals surface area contributed by atoms with E-state index in [0.717, 1.165) is 28.4 Å². The highest BCUT2D eigenvalue weighted by molar-refractivity contribution is 8.00. The number of β-lactam (4-membered cyclic amide) rings is 1. The fourth-order valence-corrected chi connectivity index (χ4v) is 5.88. The number of carboxylic acid groups (broad SMARTS) is 1. The van der Waals surface area contributed by atoms with E-state index in [1.165, 1.54) is 23.2 Å². The van der Waals surface area contributed by atoms with Crippen molar-refractivity contribution in [1.29, 1.82) is 0 Å². The van der Waals surface area contributed by atoms with Crippen molar-refractivity contribution in [3.63, 3.8) is 0 Å². The van der Waals surface area contributed by atoms with Crippen LogP contribution >= 0.6 is 34.7 Å². The molecule has 41 heavy (non-hydrogen) atoms. The molecule has 8 N–H and O–H groups in total. The van der Waals surface area contributed by atoms with E-state index in [4.69, 9.17) is 22.2 Å². The summed E-state index contributed by atoms with van der Waals surface area (Å²) in [6.45, 7) is -0.764. The highest BCUT2D eigenvalue weighted by Gasteiger charge is 2.54. The second-order valence-corrected chi connectivity index (χ2v) is 10.5. The largest absolute Gasteiger partial charge is 0.504 e. The molecule has 1 aromatic heterocycles. The van der Waals surface area contributed by atoms with Gasteiger partial charge in [-0.3, -0.25) is 34.9 Å². The molecule has 2 atom stereocenters. The number of amides is 4. The van der Waals surface area contributed by atoms with Gasteiger partial charge in [-0.2, -0.15) is 0 Å². The van der Waals surface area contributed by atoms with Gasteiger partial charge in [0.2, 0.25) is 0 Å². The Balaban J connectivity index is 1.39. The lowest BCUT2D eigenvalue weighted by atomic mass is 10.0. The van der Waals surface area contributed by atoms with Crippen molar-refractivity contribution in [2.45, 2.75) is 11.4 Å². The van der Waals surface area contributed by atoms with E-state index in [1.54, 1.807) is 0 Å². The first-order valence-electron chi connectivity index (χ1n) is 11.3. The van der Waals surface area contributed by atoms with Crippen LogP contribution in [0.2, 0.25) is 0 Å². The van der Waals surface area contributed by atoms with Gasteiger partial charge in [-0.15, -0.1) is 34.7 Å². The summed E-state index contributed by atoms with van der Waals surface area (Å²) < 4.78 is 0. The number of rotatable bonds is 9. The first-order chi connectivity index (χ1) is 19.5. The molecule has 3 heterocycles. The summed E-state index contributed by atoms with van der Waals surface area (Å²) in [6.07, 6.45) is 0. The number of thiazole rings is 1. The molecule has 0 aliphatic carbocycles. The van der Waals surface area contributed by atoms with Gasteiger partial charge in [-0.1, -0.05) is 5.16 Å². The van der Waals surface area contributed by atoms with E-state index in [1.807, 2.05) is 5.43 Å². The molecular formula is C22H20ClN7O9S2. The lowest BCUT2D eigenvalue weighted by molar-refractivity contribution is -0.150. The Morgan fingerprint density at radius 1 is 1.22 bits per heavy atom. The van der Waals surface area contributed by atoms with Gasteiger partial charge in [0, 0.05) is 22.6 Å². The van der Waals surface area contributed by atoms with Crippen LogP contribution < -0.4 is 21.9 Å². The van der Waals surface area contributed by atoms with Gasteiger partial charge in [-0.05, 0) is 23.8 Å². The minimum Gasteiger partial charge on any atom is -0.504 e. The minimum absolute atomic E-state index is 0.0127. The van der Waals surface area contributed by atoms with Gasteiger partial charge < -0.3 is 31.2 Å². The number of carbonyl (C=O) groups is 5. The number of oxime groups is 1. The Morgan fingerprint density at radius 2 is 1.98 bits per heavy atom. The van der Waals surface area contributed by atoms with E-state index < -0.39 is 64.8 Å². The summed E-state index contributed by atoms with van der Waals surface area (Å²) in [7, 11) is 0. The van der Waals surface area contributed by atoms with Crippen LogP contribution in [-0.4, -0.2) is 90.2 Å². The second-order valence-electron chi connectivity index (χ2n) is 8.24. The molecule has 1 fully saturated rings. The lowest BCUT2D eigenvalue weighted by Gasteiger charge is -2.49. The number of fused-ring (bicyclic) bond motifs is 1. The quantitative estimate of drug-likeness (QED) is 0.0601. The Bertz CT molecular complexity index is 1500. The number of anilines is 1. The number of nitrogens with one attached hydrogen (secondary N) is 3. The number of carbonyl (C=O) groups excluding carboxylic acids is 4. The van der Waals surface area contributed by atoms with Crippen molar-refractivity contribution >= 4 is 75.1 Å². The summed E-state index contributed by atoms with van der Waals surface area (Å²) in [5.41, 5.74) is 9.43. The molecule has 0 bridgehead atoms. The number of hydrogen-bond donors (Lipinski definition) is 7. The molecule has 4 rings (SSSR count). The zero-order valence-corrected chi connectivity index (χ0v) is 22.9. The van der Waals surface area contributed by atoms with Crippen molar-refractivity contribution in [2.75, 3.05) is 24.0 Å². The third-order valence-corrected chi connectivity index (χ3v) is 7.92. The summed E-state index contributed by atoms with van der Waals surface area (Å²) in [6, 6.07) is 2.19. The maximum Gasteiger partial charge on any atom is 0.352 e. The van der Waals surface area contributed by atoms with Crippen molar-refractivity contribution < 1.29 is 44.1 Å². The van der Waals surface area contributed by atoms with Crippen molar-refractivity contribution in [1.82, 2.24) is 26.1 Å². The predicted octanol–water partition coefficient (Wildman–Crippen LogP) is -0.704. The van der Waals surface area contributed by atoms with Gasteiger partial charge in [0.25, 0.3) is 23.6 Å². The van der Waals surface area contributed by atoms with Crippen LogP contribution in [0.3, 0.4) is 0 Å². The molecule has 2 aromatic rings. The van der Waals surface area contributed by atoms with Crippen LogP contribution in [0.1, 0.15) is 16.1 Å². The Hall–Kier alpha value is -4.55. The number of aromatic nitrogens is 1. The first kappa shape index (κ1) is 29.4. The maximum atomic E-state index is 13.1. The zero-order valence-electron chi connectivity index (χ0n) is 20.5. The third-order valence-electron chi connectivity index (χ3n) is 5.58. The monoisotopic (exact) mass is 625 g/mol. The normalized spacial score (nSPS) is 18.2. The fourth-order valence-electron chi connectivity index (χ4n) is 3.65. The van der Waals surface area contributed by atoms with Crippen LogP contribution in [-0.2, 0) is 24.0 Å². The van der Waals surface area contributed by atoms with Crippen molar-refractivity contribution in [3.05, 3.63) is 46.1 Å². The van der Waals surface area contributed by atoms with Crippen LogP contribution in [0.4, 0.5) is 5.13 Å². The number of thioether (sulfide) groups is 1. The lowest BCUT2D eigenvalue weighted by Crippen LogP contribution is -2.71. The summed E-state index contributed by atoms with van der Waals surface area (Å²) in [5.74, 6) is -5.36. The minimum atomic E-state index is -1.31. The van der Waals surface area contributed by atoms with E-state index in [-0.39, 0.29) is 33.7 Å². The molecule has 19 heteroatoms. The molecule has 4 amide bonds. The number of hydrazine groups is 1. The number of carboxylic acids is 1. The number of halogens is 1. The zero-order chi connectivity index (χ0) is 29.8. The summed E-state index contributed by atoms with van der Waals surface area (Å²) >= 11 is 8.05. The van der Waals surface area contributed by atoms with E-state index in [0.29, 0.717) is 5.57 Å². The highest BCUT2D eigenvalue weighted by Crippen LogP contribution is 2.40. The topological polar surface area (TPSA) is 246 Å².